The Kier molecular flexibility index (Phi) is 13.1. The van der Waals surface area contributed by atoms with Crippen molar-refractivity contribution < 1.29 is 9.53 Å². The van der Waals surface area contributed by atoms with Gasteiger partial charge in [-0.3, -0.25) is 14.2 Å². The van der Waals surface area contributed by atoms with Gasteiger partial charge in [0.15, 0.2) is 0 Å². The number of fused-ring (bicyclic) bond motifs is 1. The third kappa shape index (κ3) is 9.67. The number of benzene rings is 2. The fraction of sp³-hybridized carbons (Fsp3) is 0.486. The van der Waals surface area contributed by atoms with Crippen LogP contribution in [0.4, 0.5) is 0 Å². The lowest BCUT2D eigenvalue weighted by molar-refractivity contribution is -0.135. The van der Waals surface area contributed by atoms with Crippen LogP contribution in [-0.4, -0.2) is 33.0 Å². The van der Waals surface area contributed by atoms with Gasteiger partial charge in [-0.25, -0.2) is 4.98 Å². The van der Waals surface area contributed by atoms with Gasteiger partial charge >= 0.3 is 0 Å². The van der Waals surface area contributed by atoms with E-state index in [0.717, 1.165) is 18.4 Å². The Bertz CT molecular complexity index is 1400. The second kappa shape index (κ2) is 17.4. The molecule has 43 heavy (non-hydrogen) atoms. The summed E-state index contributed by atoms with van der Waals surface area (Å²) in [6, 6.07) is 17.0. The van der Waals surface area contributed by atoms with Crippen molar-refractivity contribution >= 4 is 16.8 Å². The smallest absolute Gasteiger partial charge is 0.261 e. The van der Waals surface area contributed by atoms with Crippen LogP contribution in [0.15, 0.2) is 83.9 Å². The first kappa shape index (κ1) is 32.2. The van der Waals surface area contributed by atoms with E-state index in [0.29, 0.717) is 36.2 Å². The summed E-state index contributed by atoms with van der Waals surface area (Å²) in [6.07, 6.45) is 21.3. The average molecular weight is 584 g/mol. The molecule has 1 amide bonds. The van der Waals surface area contributed by atoms with E-state index in [4.69, 9.17) is 9.72 Å². The number of rotatable bonds is 18. The molecule has 0 N–H and O–H groups in total. The molecule has 4 rings (SSSR count). The number of amides is 1. The monoisotopic (exact) mass is 583 g/mol. The highest BCUT2D eigenvalue weighted by atomic mass is 16.5. The Morgan fingerprint density at radius 3 is 2.21 bits per heavy atom. The van der Waals surface area contributed by atoms with E-state index in [9.17, 15) is 9.59 Å². The summed E-state index contributed by atoms with van der Waals surface area (Å²) < 4.78 is 7.56. The molecule has 0 bridgehead atoms. The molecule has 6 nitrogen and oxygen atoms in total. The maximum absolute atomic E-state index is 13.8. The van der Waals surface area contributed by atoms with E-state index in [1.807, 2.05) is 84.6 Å². The third-order valence-corrected chi connectivity index (χ3v) is 8.38. The number of ether oxygens (including phenoxy) is 1. The zero-order valence-electron chi connectivity index (χ0n) is 26.1. The van der Waals surface area contributed by atoms with E-state index in [1.54, 1.807) is 10.8 Å². The summed E-state index contributed by atoms with van der Waals surface area (Å²) in [4.78, 5) is 34.5. The molecule has 1 aromatic heterocycles. The Hall–Kier alpha value is -3.67. The molecule has 0 spiro atoms. The summed E-state index contributed by atoms with van der Waals surface area (Å²) in [5.74, 6) is 0.666. The zero-order chi connectivity index (χ0) is 30.3. The van der Waals surface area contributed by atoms with Crippen molar-refractivity contribution in [2.45, 2.75) is 110 Å². The van der Waals surface area contributed by atoms with Gasteiger partial charge < -0.3 is 9.64 Å². The molecule has 0 fully saturated rings. The van der Waals surface area contributed by atoms with Crippen molar-refractivity contribution in [3.63, 3.8) is 0 Å². The van der Waals surface area contributed by atoms with Gasteiger partial charge in [-0.2, -0.15) is 0 Å². The van der Waals surface area contributed by atoms with Gasteiger partial charge in [-0.1, -0.05) is 120 Å². The van der Waals surface area contributed by atoms with E-state index >= 15 is 0 Å². The number of aromatic nitrogens is 2. The number of para-hydroxylation sites is 1. The standard InChI is InChI=1S/C37H49N3O3/c1-3-4-5-6-7-8-9-10-11-12-16-26-35(41)39(29-32-23-19-20-27-43-32)30(2)36-38-34-25-18-17-24-33(34)37(42)40(36)28-31-21-14-13-15-22-31/h13-15,17-25,27,30,32H,3-12,16,26,28-29H2,1-2H3. The van der Waals surface area contributed by atoms with Crippen LogP contribution in [0.5, 0.6) is 0 Å². The highest BCUT2D eigenvalue weighted by molar-refractivity contribution is 5.78. The van der Waals surface area contributed by atoms with Crippen LogP contribution >= 0.6 is 0 Å². The fourth-order valence-corrected chi connectivity index (χ4v) is 5.85. The predicted octanol–water partition coefficient (Wildman–Crippen LogP) is 8.50. The Morgan fingerprint density at radius 1 is 0.884 bits per heavy atom. The molecule has 1 aliphatic rings. The molecule has 3 aromatic rings. The van der Waals surface area contributed by atoms with Crippen molar-refractivity contribution in [2.24, 2.45) is 0 Å². The average Bonchev–Trinajstić information content (AvgIpc) is 3.04. The molecule has 2 heterocycles. The predicted molar refractivity (Wildman–Crippen MR) is 176 cm³/mol. The topological polar surface area (TPSA) is 64.4 Å². The van der Waals surface area contributed by atoms with Crippen LogP contribution in [0.1, 0.15) is 108 Å². The SMILES string of the molecule is CCCCCCCCCCCCCC(=O)N(CC1C=CC=CO1)C(C)c1nc2ccccc2c(=O)n1Cc1ccccc1. The molecule has 2 unspecified atom stereocenters. The van der Waals surface area contributed by atoms with Gasteiger partial charge in [-0.15, -0.1) is 0 Å². The number of nitrogens with zero attached hydrogens (tertiary/aromatic N) is 3. The van der Waals surface area contributed by atoms with Crippen molar-refractivity contribution in [1.29, 1.82) is 0 Å². The number of allylic oxidation sites excluding steroid dienone is 2. The van der Waals surface area contributed by atoms with Gasteiger partial charge in [0, 0.05) is 6.42 Å². The summed E-state index contributed by atoms with van der Waals surface area (Å²) in [5, 5.41) is 0.580. The first-order valence-corrected chi connectivity index (χ1v) is 16.4. The molecule has 230 valence electrons. The van der Waals surface area contributed by atoms with Gasteiger partial charge in [0.1, 0.15) is 11.9 Å². The quantitative estimate of drug-likeness (QED) is 0.141. The lowest BCUT2D eigenvalue weighted by Gasteiger charge is -2.33. The Balaban J connectivity index is 1.47. The lowest BCUT2D eigenvalue weighted by atomic mass is 10.0. The molecule has 2 aromatic carbocycles. The van der Waals surface area contributed by atoms with Crippen LogP contribution in [0.25, 0.3) is 10.9 Å². The Labute approximate surface area is 257 Å². The highest BCUT2D eigenvalue weighted by Gasteiger charge is 2.28. The molecule has 0 saturated heterocycles. The summed E-state index contributed by atoms with van der Waals surface area (Å²) >= 11 is 0. The number of unbranched alkanes of at least 4 members (excludes halogenated alkanes) is 10. The van der Waals surface area contributed by atoms with Crippen LogP contribution < -0.4 is 5.56 Å². The molecule has 0 saturated carbocycles. The van der Waals surface area contributed by atoms with Crippen molar-refractivity contribution in [3.05, 3.63) is 101 Å². The second-order valence-electron chi connectivity index (χ2n) is 11.8. The fourth-order valence-electron chi connectivity index (χ4n) is 5.85. The van der Waals surface area contributed by atoms with Crippen molar-refractivity contribution in [2.75, 3.05) is 6.54 Å². The minimum absolute atomic E-state index is 0.0728. The minimum atomic E-state index is -0.413. The van der Waals surface area contributed by atoms with E-state index in [1.165, 1.54) is 57.8 Å². The van der Waals surface area contributed by atoms with Gasteiger partial charge in [0.05, 0.1) is 36.3 Å². The molecular formula is C37H49N3O3. The van der Waals surface area contributed by atoms with Gasteiger partial charge in [0.25, 0.3) is 5.56 Å². The second-order valence-corrected chi connectivity index (χ2v) is 11.8. The lowest BCUT2D eigenvalue weighted by Crippen LogP contribution is -2.42. The maximum atomic E-state index is 13.8. The van der Waals surface area contributed by atoms with Crippen LogP contribution in [-0.2, 0) is 16.1 Å². The maximum Gasteiger partial charge on any atom is 0.261 e. The number of hydrogen-bond acceptors (Lipinski definition) is 4. The minimum Gasteiger partial charge on any atom is -0.492 e. The van der Waals surface area contributed by atoms with Crippen LogP contribution in [0.3, 0.4) is 0 Å². The van der Waals surface area contributed by atoms with E-state index in [-0.39, 0.29) is 17.6 Å². The van der Waals surface area contributed by atoms with Crippen molar-refractivity contribution in [3.8, 4) is 0 Å². The first-order valence-electron chi connectivity index (χ1n) is 16.4. The van der Waals surface area contributed by atoms with Gasteiger partial charge in [-0.05, 0) is 43.2 Å². The molecular weight excluding hydrogens is 534 g/mol. The third-order valence-electron chi connectivity index (χ3n) is 8.38. The summed E-state index contributed by atoms with van der Waals surface area (Å²) in [7, 11) is 0. The normalized spacial score (nSPS) is 15.0. The van der Waals surface area contributed by atoms with E-state index < -0.39 is 6.04 Å². The largest absolute Gasteiger partial charge is 0.492 e. The number of carbonyl (C=O) groups excluding carboxylic acids is 1. The molecule has 2 atom stereocenters. The highest BCUT2D eigenvalue weighted by Crippen LogP contribution is 2.24. The molecule has 6 heteroatoms. The van der Waals surface area contributed by atoms with E-state index in [2.05, 4.69) is 6.92 Å². The van der Waals surface area contributed by atoms with Gasteiger partial charge in [0.2, 0.25) is 5.91 Å². The summed E-state index contributed by atoms with van der Waals surface area (Å²) in [6.45, 7) is 5.03. The zero-order valence-corrected chi connectivity index (χ0v) is 26.1. The molecule has 1 aliphatic heterocycles. The first-order chi connectivity index (χ1) is 21.1. The number of hydrogen-bond donors (Lipinski definition) is 0. The number of carbonyl (C=O) groups is 1. The molecule has 0 aliphatic carbocycles. The van der Waals surface area contributed by atoms with Crippen LogP contribution in [0.2, 0.25) is 0 Å². The summed E-state index contributed by atoms with van der Waals surface area (Å²) in [5.41, 5.74) is 1.57. The van der Waals surface area contributed by atoms with Crippen molar-refractivity contribution in [1.82, 2.24) is 14.5 Å². The van der Waals surface area contributed by atoms with Crippen LogP contribution in [0, 0.1) is 0 Å². The Morgan fingerprint density at radius 2 is 1.53 bits per heavy atom. The molecule has 0 radical (unpaired) electrons.